The summed E-state index contributed by atoms with van der Waals surface area (Å²) >= 11 is 6.16. The first kappa shape index (κ1) is 21.2. The second-order valence-electron chi connectivity index (χ2n) is 7.96. The molecule has 2 aliphatic rings. The zero-order valence-electron chi connectivity index (χ0n) is 17.7. The largest absolute Gasteiger partial charge is 0.368 e. The summed E-state index contributed by atoms with van der Waals surface area (Å²) < 4.78 is 0. The number of amides is 3. The quantitative estimate of drug-likeness (QED) is 0.735. The van der Waals surface area contributed by atoms with E-state index in [0.29, 0.717) is 42.5 Å². The maximum Gasteiger partial charge on any atom is 0.256 e. The van der Waals surface area contributed by atoms with E-state index in [2.05, 4.69) is 4.90 Å². The number of para-hydroxylation sites is 1. The first-order valence-corrected chi connectivity index (χ1v) is 10.7. The standard InChI is InChI=1S/C23H25ClN4O3/c1-16-7-8-17(24)13-20(16)26-9-11-27(12-10-26)21(29)15-28-19-6-4-3-5-18(19)23(31)25(2)14-22(28)30/h3-8,13H,9-12,14-15H2,1-2H3. The smallest absolute Gasteiger partial charge is 0.256 e. The summed E-state index contributed by atoms with van der Waals surface area (Å²) in [5.74, 6) is -0.602. The van der Waals surface area contributed by atoms with Gasteiger partial charge in [0.2, 0.25) is 11.8 Å². The van der Waals surface area contributed by atoms with Gasteiger partial charge in [0.05, 0.1) is 11.3 Å². The highest BCUT2D eigenvalue weighted by atomic mass is 35.5. The second-order valence-corrected chi connectivity index (χ2v) is 8.39. The molecule has 1 saturated heterocycles. The lowest BCUT2D eigenvalue weighted by atomic mass is 10.1. The number of nitrogens with zero attached hydrogens (tertiary/aromatic N) is 4. The highest BCUT2D eigenvalue weighted by Gasteiger charge is 2.32. The summed E-state index contributed by atoms with van der Waals surface area (Å²) in [5.41, 5.74) is 3.15. The number of benzene rings is 2. The van der Waals surface area contributed by atoms with Gasteiger partial charge in [0, 0.05) is 43.9 Å². The van der Waals surface area contributed by atoms with Crippen LogP contribution in [0, 0.1) is 6.92 Å². The number of aryl methyl sites for hydroxylation is 1. The molecule has 2 aromatic carbocycles. The zero-order valence-corrected chi connectivity index (χ0v) is 18.4. The molecular formula is C23H25ClN4O3. The molecule has 8 heteroatoms. The summed E-state index contributed by atoms with van der Waals surface area (Å²) in [7, 11) is 1.60. The van der Waals surface area contributed by atoms with Crippen LogP contribution in [0.15, 0.2) is 42.5 Å². The molecule has 0 unspecified atom stereocenters. The number of likely N-dealkylation sites (N-methyl/N-ethyl adjacent to an activating group) is 1. The third-order valence-corrected chi connectivity index (χ3v) is 6.12. The van der Waals surface area contributed by atoms with Crippen molar-refractivity contribution in [3.05, 3.63) is 58.6 Å². The Morgan fingerprint density at radius 1 is 1.00 bits per heavy atom. The molecular weight excluding hydrogens is 416 g/mol. The van der Waals surface area contributed by atoms with Crippen molar-refractivity contribution in [1.82, 2.24) is 9.80 Å². The molecule has 162 valence electrons. The molecule has 2 heterocycles. The molecule has 0 bridgehead atoms. The molecule has 2 aliphatic heterocycles. The molecule has 3 amide bonds. The Kier molecular flexibility index (Phi) is 5.87. The van der Waals surface area contributed by atoms with E-state index in [1.54, 1.807) is 36.2 Å². The first-order chi connectivity index (χ1) is 14.8. The van der Waals surface area contributed by atoms with Gasteiger partial charge in [-0.15, -0.1) is 0 Å². The lowest BCUT2D eigenvalue weighted by Crippen LogP contribution is -2.52. The van der Waals surface area contributed by atoms with E-state index in [9.17, 15) is 14.4 Å². The summed E-state index contributed by atoms with van der Waals surface area (Å²) in [6, 6.07) is 12.8. The van der Waals surface area contributed by atoms with E-state index < -0.39 is 0 Å². The van der Waals surface area contributed by atoms with Gasteiger partial charge in [0.15, 0.2) is 0 Å². The molecule has 4 rings (SSSR count). The van der Waals surface area contributed by atoms with Crippen LogP contribution in [0.4, 0.5) is 11.4 Å². The number of anilines is 2. The molecule has 0 spiro atoms. The zero-order chi connectivity index (χ0) is 22.1. The Morgan fingerprint density at radius 2 is 1.71 bits per heavy atom. The Balaban J connectivity index is 1.46. The predicted molar refractivity (Wildman–Crippen MR) is 121 cm³/mol. The third-order valence-electron chi connectivity index (χ3n) is 5.88. The van der Waals surface area contributed by atoms with Gasteiger partial charge < -0.3 is 19.6 Å². The highest BCUT2D eigenvalue weighted by Crippen LogP contribution is 2.27. The van der Waals surface area contributed by atoms with Crippen LogP contribution >= 0.6 is 11.6 Å². The minimum atomic E-state index is -0.262. The van der Waals surface area contributed by atoms with Crippen LogP contribution in [0.25, 0.3) is 0 Å². The lowest BCUT2D eigenvalue weighted by molar-refractivity contribution is -0.131. The number of carbonyl (C=O) groups excluding carboxylic acids is 3. The predicted octanol–water partition coefficient (Wildman–Crippen LogP) is 2.42. The molecule has 0 atom stereocenters. The van der Waals surface area contributed by atoms with Crippen molar-refractivity contribution in [2.45, 2.75) is 6.92 Å². The van der Waals surface area contributed by atoms with Gasteiger partial charge in [0.1, 0.15) is 13.1 Å². The topological polar surface area (TPSA) is 64.2 Å². The number of hydrogen-bond donors (Lipinski definition) is 0. The molecule has 1 fully saturated rings. The second kappa shape index (κ2) is 8.59. The Morgan fingerprint density at radius 3 is 2.45 bits per heavy atom. The summed E-state index contributed by atoms with van der Waals surface area (Å²) in [4.78, 5) is 45.3. The van der Waals surface area contributed by atoms with Crippen LogP contribution in [0.3, 0.4) is 0 Å². The fourth-order valence-corrected chi connectivity index (χ4v) is 4.28. The van der Waals surface area contributed by atoms with Crippen molar-refractivity contribution in [1.29, 1.82) is 0 Å². The van der Waals surface area contributed by atoms with Gasteiger partial charge in [-0.2, -0.15) is 0 Å². The maximum absolute atomic E-state index is 13.1. The minimum absolute atomic E-state index is 0.0530. The number of fused-ring (bicyclic) bond motifs is 1. The van der Waals surface area contributed by atoms with Gasteiger partial charge in [0.25, 0.3) is 5.91 Å². The van der Waals surface area contributed by atoms with Crippen LogP contribution in [0.5, 0.6) is 0 Å². The molecule has 31 heavy (non-hydrogen) atoms. The lowest BCUT2D eigenvalue weighted by Gasteiger charge is -2.37. The number of carbonyl (C=O) groups is 3. The molecule has 0 N–H and O–H groups in total. The van der Waals surface area contributed by atoms with Crippen molar-refractivity contribution in [3.63, 3.8) is 0 Å². The van der Waals surface area contributed by atoms with Gasteiger partial charge in [-0.3, -0.25) is 14.4 Å². The van der Waals surface area contributed by atoms with Gasteiger partial charge >= 0.3 is 0 Å². The third kappa shape index (κ3) is 4.23. The molecule has 0 aromatic heterocycles. The molecule has 7 nitrogen and oxygen atoms in total. The van der Waals surface area contributed by atoms with Crippen molar-refractivity contribution in [3.8, 4) is 0 Å². The van der Waals surface area contributed by atoms with Gasteiger partial charge in [-0.05, 0) is 36.8 Å². The molecule has 2 aromatic rings. The van der Waals surface area contributed by atoms with E-state index in [1.807, 2.05) is 25.1 Å². The van der Waals surface area contributed by atoms with Crippen molar-refractivity contribution in [2.75, 3.05) is 56.1 Å². The first-order valence-electron chi connectivity index (χ1n) is 10.3. The van der Waals surface area contributed by atoms with Crippen molar-refractivity contribution in [2.24, 2.45) is 0 Å². The summed E-state index contributed by atoms with van der Waals surface area (Å²) in [6.45, 7) is 4.43. The Labute approximate surface area is 186 Å². The summed E-state index contributed by atoms with van der Waals surface area (Å²) in [5, 5.41) is 0.692. The molecule has 0 radical (unpaired) electrons. The van der Waals surface area contributed by atoms with Crippen LogP contribution in [0.2, 0.25) is 5.02 Å². The monoisotopic (exact) mass is 440 g/mol. The number of piperazine rings is 1. The van der Waals surface area contributed by atoms with E-state index in [-0.39, 0.29) is 30.8 Å². The van der Waals surface area contributed by atoms with Crippen LogP contribution < -0.4 is 9.80 Å². The van der Waals surface area contributed by atoms with E-state index in [4.69, 9.17) is 11.6 Å². The van der Waals surface area contributed by atoms with Crippen molar-refractivity contribution < 1.29 is 14.4 Å². The van der Waals surface area contributed by atoms with E-state index in [0.717, 1.165) is 11.3 Å². The van der Waals surface area contributed by atoms with Gasteiger partial charge in [-0.1, -0.05) is 29.8 Å². The molecule has 0 aliphatic carbocycles. The average molecular weight is 441 g/mol. The number of rotatable bonds is 3. The van der Waals surface area contributed by atoms with Crippen LogP contribution in [0.1, 0.15) is 15.9 Å². The maximum atomic E-state index is 13.1. The fourth-order valence-electron chi connectivity index (χ4n) is 4.12. The number of hydrogen-bond acceptors (Lipinski definition) is 4. The van der Waals surface area contributed by atoms with Crippen LogP contribution in [-0.2, 0) is 9.59 Å². The van der Waals surface area contributed by atoms with E-state index >= 15 is 0 Å². The Bertz CT molecular complexity index is 1030. The number of halogens is 1. The van der Waals surface area contributed by atoms with Crippen molar-refractivity contribution >= 4 is 40.7 Å². The summed E-state index contributed by atoms with van der Waals surface area (Å²) in [6.07, 6.45) is 0. The normalized spacial score (nSPS) is 17.0. The van der Waals surface area contributed by atoms with Crippen LogP contribution in [-0.4, -0.2) is 73.8 Å². The Hall–Kier alpha value is -3.06. The van der Waals surface area contributed by atoms with Gasteiger partial charge in [-0.25, -0.2) is 0 Å². The average Bonchev–Trinajstić information content (AvgIpc) is 2.86. The highest BCUT2D eigenvalue weighted by molar-refractivity contribution is 6.30. The minimum Gasteiger partial charge on any atom is -0.368 e. The van der Waals surface area contributed by atoms with E-state index in [1.165, 1.54) is 9.80 Å². The fraction of sp³-hybridized carbons (Fsp3) is 0.348. The SMILES string of the molecule is Cc1ccc(Cl)cc1N1CCN(C(=O)CN2C(=O)CN(C)C(=O)c3ccccc32)CC1. The molecule has 0 saturated carbocycles.